The summed E-state index contributed by atoms with van der Waals surface area (Å²) in [7, 11) is 0. The molecule has 1 heterocycles. The molecule has 1 aliphatic rings. The van der Waals surface area contributed by atoms with Gasteiger partial charge in [-0.15, -0.1) is 0 Å². The van der Waals surface area contributed by atoms with Crippen LogP contribution in [0.25, 0.3) is 6.08 Å². The van der Waals surface area contributed by atoms with E-state index in [1.807, 2.05) is 62.4 Å². The van der Waals surface area contributed by atoms with E-state index >= 15 is 0 Å². The first kappa shape index (κ1) is 22.9. The lowest BCUT2D eigenvalue weighted by molar-refractivity contribution is -0.123. The van der Waals surface area contributed by atoms with Crippen molar-refractivity contribution in [3.63, 3.8) is 0 Å². The second-order valence-corrected chi connectivity index (χ2v) is 8.77. The number of nitrogens with one attached hydrogen (secondary N) is 1. The lowest BCUT2D eigenvalue weighted by Crippen LogP contribution is -2.30. The molecule has 0 aromatic heterocycles. The number of hydrogen-bond acceptors (Lipinski definition) is 3. The Kier molecular flexibility index (Phi) is 6.72. The van der Waals surface area contributed by atoms with Crippen molar-refractivity contribution in [1.29, 1.82) is 0 Å². The van der Waals surface area contributed by atoms with E-state index in [0.29, 0.717) is 28.0 Å². The molecule has 1 aliphatic heterocycles. The third kappa shape index (κ3) is 5.38. The van der Waals surface area contributed by atoms with Crippen molar-refractivity contribution in [3.8, 4) is 5.75 Å². The van der Waals surface area contributed by atoms with Crippen LogP contribution in [0, 0.1) is 13.8 Å². The lowest BCUT2D eigenvalue weighted by atomic mass is 10.1. The van der Waals surface area contributed by atoms with E-state index in [0.717, 1.165) is 16.7 Å². The van der Waals surface area contributed by atoms with Gasteiger partial charge < -0.3 is 10.1 Å². The van der Waals surface area contributed by atoms with Gasteiger partial charge in [-0.05, 0) is 48.7 Å². The largest absolute Gasteiger partial charge is 0.486 e. The lowest BCUT2D eigenvalue weighted by Gasteiger charge is -2.12. The maximum atomic E-state index is 12.8. The third-order valence-corrected chi connectivity index (χ3v) is 5.78. The van der Waals surface area contributed by atoms with Crippen LogP contribution in [-0.4, -0.2) is 16.8 Å². The first-order chi connectivity index (χ1) is 15.8. The molecule has 0 bridgehead atoms. The molecule has 5 nitrogen and oxygen atoms in total. The number of rotatable bonds is 6. The van der Waals surface area contributed by atoms with Crippen molar-refractivity contribution in [2.45, 2.75) is 27.0 Å². The molecule has 1 saturated heterocycles. The van der Waals surface area contributed by atoms with E-state index in [4.69, 9.17) is 27.9 Å². The molecule has 3 aromatic rings. The molecule has 4 rings (SSSR count). The Labute approximate surface area is 202 Å². The van der Waals surface area contributed by atoms with Crippen LogP contribution in [0.1, 0.15) is 27.8 Å². The first-order valence-corrected chi connectivity index (χ1v) is 11.1. The van der Waals surface area contributed by atoms with Crippen LogP contribution in [0.5, 0.6) is 5.75 Å². The van der Waals surface area contributed by atoms with Gasteiger partial charge in [-0.2, -0.15) is 0 Å². The Morgan fingerprint density at radius 1 is 0.909 bits per heavy atom. The Bertz CT molecular complexity index is 1230. The van der Waals surface area contributed by atoms with Gasteiger partial charge in [-0.25, -0.2) is 4.79 Å². The standard InChI is InChI=1S/C26H22Cl2N2O3/c1-16-6-8-18(9-7-16)15-33-24-21(27)11-20(12-22(24)28)13-23-25(31)30(26(32)29-23)14-19-5-3-4-17(2)10-19/h3-13H,14-15H2,1-2H3,(H,29,32)/b23-13+. The highest BCUT2D eigenvalue weighted by Gasteiger charge is 2.33. The van der Waals surface area contributed by atoms with Crippen LogP contribution in [0.3, 0.4) is 0 Å². The summed E-state index contributed by atoms with van der Waals surface area (Å²) in [6.45, 7) is 4.49. The van der Waals surface area contributed by atoms with Gasteiger partial charge in [-0.1, -0.05) is 82.9 Å². The molecule has 3 aromatic carbocycles. The van der Waals surface area contributed by atoms with Crippen LogP contribution in [-0.2, 0) is 17.9 Å². The number of carbonyl (C=O) groups excluding carboxylic acids is 2. The maximum absolute atomic E-state index is 12.8. The van der Waals surface area contributed by atoms with Gasteiger partial charge in [0.1, 0.15) is 12.3 Å². The SMILES string of the molecule is Cc1ccc(COc2c(Cl)cc(/C=C3/NC(=O)N(Cc4cccc(C)c4)C3=O)cc2Cl)cc1. The summed E-state index contributed by atoms with van der Waals surface area (Å²) in [4.78, 5) is 26.4. The van der Waals surface area contributed by atoms with Crippen LogP contribution in [0.15, 0.2) is 66.4 Å². The molecule has 3 amide bonds. The topological polar surface area (TPSA) is 58.6 Å². The highest BCUT2D eigenvalue weighted by atomic mass is 35.5. The van der Waals surface area contributed by atoms with Crippen molar-refractivity contribution < 1.29 is 14.3 Å². The van der Waals surface area contributed by atoms with Crippen LogP contribution in [0.4, 0.5) is 4.79 Å². The fourth-order valence-corrected chi connectivity index (χ4v) is 4.13. The van der Waals surface area contributed by atoms with Crippen molar-refractivity contribution in [2.75, 3.05) is 0 Å². The molecule has 1 fully saturated rings. The number of hydrogen-bond donors (Lipinski definition) is 1. The van der Waals surface area contributed by atoms with Gasteiger partial charge in [0.25, 0.3) is 5.91 Å². The summed E-state index contributed by atoms with van der Waals surface area (Å²) < 4.78 is 5.82. The zero-order chi connectivity index (χ0) is 23.5. The average Bonchev–Trinajstić information content (AvgIpc) is 3.02. The normalized spacial score (nSPS) is 14.7. The minimum atomic E-state index is -0.469. The van der Waals surface area contributed by atoms with E-state index in [9.17, 15) is 9.59 Å². The molecule has 0 spiro atoms. The minimum Gasteiger partial charge on any atom is -0.486 e. The predicted octanol–water partition coefficient (Wildman–Crippen LogP) is 6.28. The summed E-state index contributed by atoms with van der Waals surface area (Å²) in [5.74, 6) is -0.0441. The number of amides is 3. The fraction of sp³-hybridized carbons (Fsp3) is 0.154. The molecule has 0 unspecified atom stereocenters. The van der Waals surface area contributed by atoms with Gasteiger partial charge in [0, 0.05) is 0 Å². The van der Waals surface area contributed by atoms with Crippen molar-refractivity contribution in [3.05, 3.63) is 104 Å². The van der Waals surface area contributed by atoms with E-state index in [-0.39, 0.29) is 12.2 Å². The number of halogens is 2. The van der Waals surface area contributed by atoms with E-state index in [1.54, 1.807) is 18.2 Å². The van der Waals surface area contributed by atoms with Crippen LogP contribution in [0.2, 0.25) is 10.0 Å². The molecule has 33 heavy (non-hydrogen) atoms. The number of nitrogens with zero attached hydrogens (tertiary/aromatic N) is 1. The number of urea groups is 1. The number of imide groups is 1. The van der Waals surface area contributed by atoms with Gasteiger partial charge in [-0.3, -0.25) is 9.69 Å². The molecule has 0 saturated carbocycles. The smallest absolute Gasteiger partial charge is 0.329 e. The maximum Gasteiger partial charge on any atom is 0.329 e. The average molecular weight is 481 g/mol. The summed E-state index contributed by atoms with van der Waals surface area (Å²) in [5.41, 5.74) is 4.83. The molecular formula is C26H22Cl2N2O3. The predicted molar refractivity (Wildman–Crippen MR) is 130 cm³/mol. The molecule has 1 N–H and O–H groups in total. The molecule has 0 radical (unpaired) electrons. The number of benzene rings is 3. The Balaban J connectivity index is 1.49. The summed E-state index contributed by atoms with van der Waals surface area (Å²) in [5, 5.41) is 3.25. The first-order valence-electron chi connectivity index (χ1n) is 10.4. The molecule has 7 heteroatoms. The molecular weight excluding hydrogens is 459 g/mol. The second kappa shape index (κ2) is 9.69. The van der Waals surface area contributed by atoms with Gasteiger partial charge in [0.2, 0.25) is 0 Å². The summed E-state index contributed by atoms with van der Waals surface area (Å²) in [6, 6.07) is 18.5. The van der Waals surface area contributed by atoms with E-state index < -0.39 is 11.9 Å². The Morgan fingerprint density at radius 3 is 2.27 bits per heavy atom. The quantitative estimate of drug-likeness (QED) is 0.333. The summed E-state index contributed by atoms with van der Waals surface area (Å²) in [6.07, 6.45) is 1.55. The molecule has 0 aliphatic carbocycles. The van der Waals surface area contributed by atoms with Gasteiger partial charge >= 0.3 is 6.03 Å². The number of ether oxygens (including phenoxy) is 1. The van der Waals surface area contributed by atoms with Gasteiger partial charge in [0.05, 0.1) is 16.6 Å². The minimum absolute atomic E-state index is 0.160. The van der Waals surface area contributed by atoms with Crippen molar-refractivity contribution in [2.24, 2.45) is 0 Å². The van der Waals surface area contributed by atoms with Crippen molar-refractivity contribution in [1.82, 2.24) is 10.2 Å². The third-order valence-electron chi connectivity index (χ3n) is 5.22. The van der Waals surface area contributed by atoms with E-state index in [1.165, 1.54) is 10.5 Å². The monoisotopic (exact) mass is 480 g/mol. The second-order valence-electron chi connectivity index (χ2n) is 7.96. The zero-order valence-corrected chi connectivity index (χ0v) is 19.7. The molecule has 0 atom stereocenters. The van der Waals surface area contributed by atoms with Crippen molar-refractivity contribution >= 4 is 41.2 Å². The number of aryl methyl sites for hydroxylation is 2. The molecule has 168 valence electrons. The van der Waals surface area contributed by atoms with E-state index in [2.05, 4.69) is 5.32 Å². The van der Waals surface area contributed by atoms with Gasteiger partial charge in [0.15, 0.2) is 5.75 Å². The highest BCUT2D eigenvalue weighted by Crippen LogP contribution is 2.35. The Morgan fingerprint density at radius 2 is 1.61 bits per heavy atom. The van der Waals surface area contributed by atoms with Crippen LogP contribution >= 0.6 is 23.2 Å². The van der Waals surface area contributed by atoms with Crippen LogP contribution < -0.4 is 10.1 Å². The summed E-state index contributed by atoms with van der Waals surface area (Å²) >= 11 is 12.8. The number of carbonyl (C=O) groups is 2. The fourth-order valence-electron chi connectivity index (χ4n) is 3.52. The Hall–Kier alpha value is -3.28. The highest BCUT2D eigenvalue weighted by molar-refractivity contribution is 6.37. The zero-order valence-electron chi connectivity index (χ0n) is 18.2.